The summed E-state index contributed by atoms with van der Waals surface area (Å²) in [4.78, 5) is 22.7. The molecule has 4 nitrogen and oxygen atoms in total. The van der Waals surface area contributed by atoms with E-state index in [9.17, 15) is 14.0 Å². The van der Waals surface area contributed by atoms with Gasteiger partial charge in [-0.25, -0.2) is 9.18 Å². The fourth-order valence-corrected chi connectivity index (χ4v) is 1.57. The van der Waals surface area contributed by atoms with E-state index in [0.29, 0.717) is 6.42 Å². The van der Waals surface area contributed by atoms with Crippen molar-refractivity contribution in [1.29, 1.82) is 0 Å². The Bertz CT molecular complexity index is 446. The average Bonchev–Trinajstić information content (AvgIpc) is 2.27. The molecule has 0 spiro atoms. The Balaban J connectivity index is 2.79. The number of carboxylic acid groups (broad SMARTS) is 1. The second kappa shape index (κ2) is 6.14. The first-order valence-electron chi connectivity index (χ1n) is 5.70. The Morgan fingerprint density at radius 2 is 1.94 bits per heavy atom. The van der Waals surface area contributed by atoms with Crippen molar-refractivity contribution >= 4 is 11.9 Å². The Morgan fingerprint density at radius 1 is 1.33 bits per heavy atom. The summed E-state index contributed by atoms with van der Waals surface area (Å²) in [6.45, 7) is 3.70. The second-order valence-electron chi connectivity index (χ2n) is 4.47. The fourth-order valence-electron chi connectivity index (χ4n) is 1.57. The van der Waals surface area contributed by atoms with Crippen molar-refractivity contribution in [1.82, 2.24) is 5.32 Å². The van der Waals surface area contributed by atoms with Gasteiger partial charge in [-0.1, -0.05) is 26.0 Å². The van der Waals surface area contributed by atoms with Crippen LogP contribution in [0.15, 0.2) is 24.3 Å². The van der Waals surface area contributed by atoms with E-state index in [-0.39, 0.29) is 11.5 Å². The second-order valence-corrected chi connectivity index (χ2v) is 4.47. The number of aliphatic carboxylic acids is 1. The Kier molecular flexibility index (Phi) is 4.83. The molecule has 98 valence electrons. The zero-order valence-corrected chi connectivity index (χ0v) is 10.3. The number of benzene rings is 1. The summed E-state index contributed by atoms with van der Waals surface area (Å²) in [5.74, 6) is -2.37. The van der Waals surface area contributed by atoms with E-state index in [1.54, 1.807) is 0 Å². The number of rotatable bonds is 5. The lowest BCUT2D eigenvalue weighted by Crippen LogP contribution is -2.41. The van der Waals surface area contributed by atoms with Crippen LogP contribution in [0.4, 0.5) is 4.39 Å². The predicted octanol–water partition coefficient (Wildman–Crippen LogP) is 2.05. The van der Waals surface area contributed by atoms with E-state index in [2.05, 4.69) is 5.32 Å². The first kappa shape index (κ1) is 14.2. The zero-order valence-electron chi connectivity index (χ0n) is 10.3. The van der Waals surface area contributed by atoms with Crippen LogP contribution in [0.25, 0.3) is 0 Å². The topological polar surface area (TPSA) is 66.4 Å². The maximum Gasteiger partial charge on any atom is 0.326 e. The van der Waals surface area contributed by atoms with Gasteiger partial charge >= 0.3 is 5.97 Å². The quantitative estimate of drug-likeness (QED) is 0.844. The molecule has 0 aromatic heterocycles. The van der Waals surface area contributed by atoms with E-state index in [4.69, 9.17) is 5.11 Å². The van der Waals surface area contributed by atoms with Crippen molar-refractivity contribution in [2.45, 2.75) is 26.3 Å². The van der Waals surface area contributed by atoms with Crippen LogP contribution in [0.1, 0.15) is 30.6 Å². The normalized spacial score (nSPS) is 12.2. The van der Waals surface area contributed by atoms with Gasteiger partial charge in [-0.15, -0.1) is 0 Å². The van der Waals surface area contributed by atoms with Crippen molar-refractivity contribution in [3.05, 3.63) is 35.6 Å². The highest BCUT2D eigenvalue weighted by Gasteiger charge is 2.22. The number of hydrogen-bond acceptors (Lipinski definition) is 2. The molecule has 18 heavy (non-hydrogen) atoms. The maximum atomic E-state index is 13.3. The van der Waals surface area contributed by atoms with Gasteiger partial charge in [0, 0.05) is 0 Å². The molecular weight excluding hydrogens is 237 g/mol. The molecule has 1 unspecified atom stereocenters. The van der Waals surface area contributed by atoms with E-state index in [1.807, 2.05) is 13.8 Å². The van der Waals surface area contributed by atoms with Crippen LogP contribution in [-0.4, -0.2) is 23.0 Å². The van der Waals surface area contributed by atoms with E-state index in [1.165, 1.54) is 18.2 Å². The molecule has 0 aliphatic rings. The molecule has 2 N–H and O–H groups in total. The van der Waals surface area contributed by atoms with Crippen molar-refractivity contribution in [3.8, 4) is 0 Å². The van der Waals surface area contributed by atoms with Crippen molar-refractivity contribution in [2.24, 2.45) is 5.92 Å². The minimum absolute atomic E-state index is 0.118. The van der Waals surface area contributed by atoms with Crippen LogP contribution < -0.4 is 5.32 Å². The van der Waals surface area contributed by atoms with Gasteiger partial charge in [0.1, 0.15) is 11.9 Å². The fraction of sp³-hybridized carbons (Fsp3) is 0.385. The molecule has 1 atom stereocenters. The molecule has 0 radical (unpaired) electrons. The molecule has 0 bridgehead atoms. The minimum atomic E-state index is -1.12. The number of nitrogens with one attached hydrogen (secondary N) is 1. The molecule has 1 rings (SSSR count). The standard InChI is InChI=1S/C13H16FNO3/c1-8(2)7-11(13(17)18)15-12(16)9-5-3-4-6-10(9)14/h3-6,8,11H,7H2,1-2H3,(H,15,16)(H,17,18). The largest absolute Gasteiger partial charge is 0.480 e. The number of carboxylic acids is 1. The Labute approximate surface area is 105 Å². The highest BCUT2D eigenvalue weighted by molar-refractivity contribution is 5.96. The molecule has 0 aliphatic heterocycles. The Morgan fingerprint density at radius 3 is 2.44 bits per heavy atom. The van der Waals surface area contributed by atoms with Gasteiger partial charge in [-0.2, -0.15) is 0 Å². The van der Waals surface area contributed by atoms with Gasteiger partial charge < -0.3 is 10.4 Å². The van der Waals surface area contributed by atoms with Crippen molar-refractivity contribution in [3.63, 3.8) is 0 Å². The molecule has 0 fully saturated rings. The van der Waals surface area contributed by atoms with Crippen LogP contribution in [-0.2, 0) is 4.79 Å². The summed E-state index contributed by atoms with van der Waals surface area (Å²) in [7, 11) is 0. The Hall–Kier alpha value is -1.91. The molecular formula is C13H16FNO3. The number of amides is 1. The summed E-state index contributed by atoms with van der Waals surface area (Å²) < 4.78 is 13.3. The predicted molar refractivity (Wildman–Crippen MR) is 64.7 cm³/mol. The highest BCUT2D eigenvalue weighted by Crippen LogP contribution is 2.09. The summed E-state index contributed by atoms with van der Waals surface area (Å²) in [6, 6.07) is 4.47. The third kappa shape index (κ3) is 3.84. The molecule has 1 aromatic rings. The van der Waals surface area contributed by atoms with Gasteiger partial charge in [-0.05, 0) is 24.5 Å². The molecule has 5 heteroatoms. The molecule has 1 amide bonds. The smallest absolute Gasteiger partial charge is 0.326 e. The average molecular weight is 253 g/mol. The molecule has 0 heterocycles. The van der Waals surface area contributed by atoms with E-state index >= 15 is 0 Å². The molecule has 0 saturated carbocycles. The van der Waals surface area contributed by atoms with Crippen molar-refractivity contribution < 1.29 is 19.1 Å². The number of halogens is 1. The monoisotopic (exact) mass is 253 g/mol. The summed E-state index contributed by atoms with van der Waals surface area (Å²) in [5, 5.41) is 11.3. The van der Waals surface area contributed by atoms with Crippen LogP contribution in [0.3, 0.4) is 0 Å². The van der Waals surface area contributed by atoms with Gasteiger partial charge in [-0.3, -0.25) is 4.79 Å². The van der Waals surface area contributed by atoms with E-state index < -0.39 is 23.7 Å². The molecule has 0 saturated heterocycles. The van der Waals surface area contributed by atoms with E-state index in [0.717, 1.165) is 6.07 Å². The van der Waals surface area contributed by atoms with Crippen molar-refractivity contribution in [2.75, 3.05) is 0 Å². The van der Waals surface area contributed by atoms with Crippen LogP contribution in [0, 0.1) is 11.7 Å². The van der Waals surface area contributed by atoms with Gasteiger partial charge in [0.25, 0.3) is 5.91 Å². The number of carbonyl (C=O) groups is 2. The van der Waals surface area contributed by atoms with Gasteiger partial charge in [0.05, 0.1) is 5.56 Å². The lowest BCUT2D eigenvalue weighted by Gasteiger charge is -2.16. The minimum Gasteiger partial charge on any atom is -0.480 e. The van der Waals surface area contributed by atoms with Gasteiger partial charge in [0.2, 0.25) is 0 Å². The third-order valence-corrected chi connectivity index (χ3v) is 2.43. The molecule has 0 aliphatic carbocycles. The summed E-state index contributed by atoms with van der Waals surface area (Å²) in [6.07, 6.45) is 0.301. The highest BCUT2D eigenvalue weighted by atomic mass is 19.1. The first-order chi connectivity index (χ1) is 8.41. The number of carbonyl (C=O) groups excluding carboxylic acids is 1. The number of hydrogen-bond donors (Lipinski definition) is 2. The summed E-state index contributed by atoms with van der Waals surface area (Å²) in [5.41, 5.74) is -0.146. The lowest BCUT2D eigenvalue weighted by molar-refractivity contribution is -0.139. The summed E-state index contributed by atoms with van der Waals surface area (Å²) >= 11 is 0. The SMILES string of the molecule is CC(C)CC(NC(=O)c1ccccc1F)C(=O)O. The lowest BCUT2D eigenvalue weighted by atomic mass is 10.0. The van der Waals surface area contributed by atoms with Crippen LogP contribution in [0.5, 0.6) is 0 Å². The van der Waals surface area contributed by atoms with Gasteiger partial charge in [0.15, 0.2) is 0 Å². The van der Waals surface area contributed by atoms with Crippen LogP contribution in [0.2, 0.25) is 0 Å². The molecule has 1 aromatic carbocycles. The zero-order chi connectivity index (χ0) is 13.7. The third-order valence-electron chi connectivity index (χ3n) is 2.43. The van der Waals surface area contributed by atoms with Crippen LogP contribution >= 0.6 is 0 Å². The first-order valence-corrected chi connectivity index (χ1v) is 5.70. The maximum absolute atomic E-state index is 13.3.